The number of hydrogen-bond acceptors (Lipinski definition) is 7. The third-order valence-electron chi connectivity index (χ3n) is 5.47. The molecule has 0 amide bonds. The summed E-state index contributed by atoms with van der Waals surface area (Å²) in [5, 5.41) is 10.3. The summed E-state index contributed by atoms with van der Waals surface area (Å²) in [6.07, 6.45) is 0. The van der Waals surface area contributed by atoms with Crippen molar-refractivity contribution in [1.82, 2.24) is 24.7 Å². The summed E-state index contributed by atoms with van der Waals surface area (Å²) in [4.78, 5) is 22.4. The van der Waals surface area contributed by atoms with Crippen LogP contribution in [-0.4, -0.2) is 51.0 Å². The Bertz CT molecular complexity index is 1270. The molecule has 1 atom stereocenters. The lowest BCUT2D eigenvalue weighted by Crippen LogP contribution is -2.38. The molecular weight excluding hydrogens is 424 g/mol. The number of fused-ring (bicyclic) bond motifs is 1. The number of benzene rings is 2. The molecule has 0 bridgehead atoms. The lowest BCUT2D eigenvalue weighted by atomic mass is 10.2. The minimum atomic E-state index is -0.127. The lowest BCUT2D eigenvalue weighted by molar-refractivity contribution is 0.121. The molecule has 8 nitrogen and oxygen atoms in total. The van der Waals surface area contributed by atoms with Crippen molar-refractivity contribution in [2.45, 2.75) is 23.9 Å². The highest BCUT2D eigenvalue weighted by atomic mass is 32.2. The molecule has 5 rings (SSSR count). The summed E-state index contributed by atoms with van der Waals surface area (Å²) in [7, 11) is 0. The number of morpholine rings is 1. The highest BCUT2D eigenvalue weighted by Crippen LogP contribution is 2.34. The zero-order valence-corrected chi connectivity index (χ0v) is 18.6. The van der Waals surface area contributed by atoms with Gasteiger partial charge in [0, 0.05) is 13.1 Å². The molecule has 3 heterocycles. The minimum absolute atomic E-state index is 0.108. The number of aromatic amines is 1. The van der Waals surface area contributed by atoms with E-state index in [0.717, 1.165) is 24.2 Å². The number of hydrogen-bond donors (Lipinski definition) is 1. The smallest absolute Gasteiger partial charge is 0.258 e. The van der Waals surface area contributed by atoms with Gasteiger partial charge in [-0.1, -0.05) is 54.2 Å². The first-order valence-corrected chi connectivity index (χ1v) is 11.5. The Balaban J connectivity index is 1.47. The van der Waals surface area contributed by atoms with Gasteiger partial charge in [-0.2, -0.15) is 0 Å². The molecule has 1 unspecified atom stereocenters. The third kappa shape index (κ3) is 4.26. The number of para-hydroxylation sites is 1. The average molecular weight is 449 g/mol. The quantitative estimate of drug-likeness (QED) is 0.453. The van der Waals surface area contributed by atoms with Crippen molar-refractivity contribution in [3.8, 4) is 0 Å². The van der Waals surface area contributed by atoms with Gasteiger partial charge in [-0.05, 0) is 24.6 Å². The van der Waals surface area contributed by atoms with Gasteiger partial charge < -0.3 is 14.6 Å². The normalized spacial score (nSPS) is 15.2. The Morgan fingerprint density at radius 1 is 1.06 bits per heavy atom. The summed E-state index contributed by atoms with van der Waals surface area (Å²) in [5.41, 5.74) is 1.74. The van der Waals surface area contributed by atoms with E-state index in [0.29, 0.717) is 36.5 Å². The van der Waals surface area contributed by atoms with Crippen molar-refractivity contribution >= 4 is 28.6 Å². The van der Waals surface area contributed by atoms with Crippen molar-refractivity contribution in [3.05, 3.63) is 76.3 Å². The Labute approximate surface area is 189 Å². The topological polar surface area (TPSA) is 88.9 Å². The van der Waals surface area contributed by atoms with E-state index in [1.165, 1.54) is 5.56 Å². The van der Waals surface area contributed by atoms with Gasteiger partial charge in [0.05, 0.1) is 35.9 Å². The molecule has 0 saturated carbocycles. The van der Waals surface area contributed by atoms with Crippen LogP contribution < -0.4 is 10.5 Å². The van der Waals surface area contributed by atoms with Crippen molar-refractivity contribution in [1.29, 1.82) is 0 Å². The molecule has 1 aliphatic rings. The van der Waals surface area contributed by atoms with Crippen LogP contribution in [0.25, 0.3) is 10.9 Å². The van der Waals surface area contributed by atoms with Gasteiger partial charge in [0.25, 0.3) is 5.56 Å². The number of rotatable bonds is 6. The van der Waals surface area contributed by atoms with Gasteiger partial charge >= 0.3 is 0 Å². The summed E-state index contributed by atoms with van der Waals surface area (Å²) in [5.74, 6) is 1.47. The van der Waals surface area contributed by atoms with Gasteiger partial charge in [0.15, 0.2) is 5.16 Å². The molecule has 0 radical (unpaired) electrons. The Hall–Kier alpha value is -3.17. The van der Waals surface area contributed by atoms with Crippen LogP contribution in [0, 0.1) is 0 Å². The van der Waals surface area contributed by atoms with E-state index in [9.17, 15) is 4.79 Å². The molecule has 0 spiro atoms. The van der Waals surface area contributed by atoms with Crippen molar-refractivity contribution in [2.75, 3.05) is 31.2 Å². The summed E-state index contributed by atoms with van der Waals surface area (Å²) >= 11 is 1.54. The highest BCUT2D eigenvalue weighted by Gasteiger charge is 2.23. The fraction of sp³-hybridized carbons (Fsp3) is 0.304. The van der Waals surface area contributed by atoms with Crippen LogP contribution in [0.3, 0.4) is 0 Å². The molecule has 32 heavy (non-hydrogen) atoms. The third-order valence-corrected chi connectivity index (χ3v) is 6.56. The van der Waals surface area contributed by atoms with E-state index in [2.05, 4.69) is 41.8 Å². The fourth-order valence-corrected chi connectivity index (χ4v) is 4.68. The molecule has 4 aromatic rings. The predicted octanol–water partition coefficient (Wildman–Crippen LogP) is 3.25. The number of nitrogens with zero attached hydrogens (tertiary/aromatic N) is 5. The second kappa shape index (κ2) is 9.13. The average Bonchev–Trinajstić information content (AvgIpc) is 3.22. The maximum Gasteiger partial charge on any atom is 0.258 e. The fourth-order valence-electron chi connectivity index (χ4n) is 3.78. The van der Waals surface area contributed by atoms with Gasteiger partial charge in [-0.25, -0.2) is 4.98 Å². The van der Waals surface area contributed by atoms with Crippen molar-refractivity contribution in [2.24, 2.45) is 0 Å². The molecule has 164 valence electrons. The monoisotopic (exact) mass is 448 g/mol. The van der Waals surface area contributed by atoms with Crippen LogP contribution in [0.1, 0.15) is 23.6 Å². The Kier molecular flexibility index (Phi) is 5.91. The number of nitrogens with one attached hydrogen (secondary N) is 1. The maximum atomic E-state index is 12.5. The molecule has 9 heteroatoms. The summed E-state index contributed by atoms with van der Waals surface area (Å²) < 4.78 is 7.65. The second-order valence-corrected chi connectivity index (χ2v) is 8.99. The predicted molar refractivity (Wildman–Crippen MR) is 125 cm³/mol. The van der Waals surface area contributed by atoms with E-state index < -0.39 is 0 Å². The van der Waals surface area contributed by atoms with Gasteiger partial charge in [0.2, 0.25) is 5.95 Å². The number of ether oxygens (including phenoxy) is 1. The summed E-state index contributed by atoms with van der Waals surface area (Å²) in [6.45, 7) is 5.61. The van der Waals surface area contributed by atoms with Crippen molar-refractivity contribution in [3.63, 3.8) is 0 Å². The van der Waals surface area contributed by atoms with Crippen LogP contribution in [0.4, 0.5) is 5.95 Å². The molecule has 1 saturated heterocycles. The zero-order valence-electron chi connectivity index (χ0n) is 17.8. The number of anilines is 1. The molecular formula is C23H24N6O2S. The van der Waals surface area contributed by atoms with E-state index in [1.807, 2.05) is 43.3 Å². The molecule has 2 aromatic heterocycles. The van der Waals surface area contributed by atoms with Crippen molar-refractivity contribution < 1.29 is 4.74 Å². The van der Waals surface area contributed by atoms with Crippen LogP contribution in [0.15, 0.2) is 64.5 Å². The Morgan fingerprint density at radius 2 is 1.81 bits per heavy atom. The van der Waals surface area contributed by atoms with Crippen LogP contribution in [-0.2, 0) is 11.3 Å². The number of H-pyrrole nitrogens is 1. The number of thioether (sulfide) groups is 1. The van der Waals surface area contributed by atoms with E-state index >= 15 is 0 Å². The molecule has 2 aromatic carbocycles. The van der Waals surface area contributed by atoms with Crippen LogP contribution >= 0.6 is 11.8 Å². The molecule has 1 aliphatic heterocycles. The lowest BCUT2D eigenvalue weighted by Gasteiger charge is -2.28. The van der Waals surface area contributed by atoms with E-state index in [4.69, 9.17) is 4.74 Å². The Morgan fingerprint density at radius 3 is 2.62 bits per heavy atom. The minimum Gasteiger partial charge on any atom is -0.378 e. The first kappa shape index (κ1) is 20.7. The molecule has 1 fully saturated rings. The van der Waals surface area contributed by atoms with Gasteiger partial charge in [0.1, 0.15) is 5.82 Å². The number of aromatic nitrogens is 5. The summed E-state index contributed by atoms with van der Waals surface area (Å²) in [6, 6.07) is 17.7. The second-order valence-electron chi connectivity index (χ2n) is 7.68. The van der Waals surface area contributed by atoms with Gasteiger partial charge in [-0.3, -0.25) is 9.36 Å². The first-order chi connectivity index (χ1) is 15.7. The van der Waals surface area contributed by atoms with Crippen LogP contribution in [0.5, 0.6) is 0 Å². The SMILES string of the molecule is CC(Sc1nnc(N2CCOCC2)n1Cc1ccccc1)c1nc2ccccc2c(=O)[nH]1. The van der Waals surface area contributed by atoms with Crippen LogP contribution in [0.2, 0.25) is 0 Å². The maximum absolute atomic E-state index is 12.5. The molecule has 0 aliphatic carbocycles. The van der Waals surface area contributed by atoms with E-state index in [-0.39, 0.29) is 10.8 Å². The first-order valence-electron chi connectivity index (χ1n) is 10.6. The zero-order chi connectivity index (χ0) is 21.9. The standard InChI is InChI=1S/C23H24N6O2S/c1-16(20-24-19-10-6-5-9-18(19)21(30)25-20)32-23-27-26-22(28-11-13-31-14-12-28)29(23)15-17-7-3-2-4-8-17/h2-10,16H,11-15H2,1H3,(H,24,25,30). The highest BCUT2D eigenvalue weighted by molar-refractivity contribution is 7.99. The largest absolute Gasteiger partial charge is 0.378 e. The van der Waals surface area contributed by atoms with Gasteiger partial charge in [-0.15, -0.1) is 10.2 Å². The molecule has 1 N–H and O–H groups in total. The van der Waals surface area contributed by atoms with E-state index in [1.54, 1.807) is 17.8 Å².